The maximum atomic E-state index is 13.7. The standard InChI is InChI=1S/C31H29NO2S2/c1-34-27-10-9-24(31-16-19-11-20(17-31)13-21(12-19)18-31)14-23(27)15-28-29(33)32(30(35)36-28)26-8-4-6-22-5-2-3-7-25(22)26/h2-10,14-15,19-21H,11-13,16-18H2,1H3/b28-15-. The van der Waals surface area contributed by atoms with Crippen molar-refractivity contribution < 1.29 is 9.53 Å². The zero-order chi connectivity index (χ0) is 24.4. The van der Waals surface area contributed by atoms with Gasteiger partial charge in [0.15, 0.2) is 4.32 Å². The lowest BCUT2D eigenvalue weighted by molar-refractivity contribution is -0.113. The van der Waals surface area contributed by atoms with Gasteiger partial charge in [0.1, 0.15) is 5.75 Å². The third kappa shape index (κ3) is 3.54. The van der Waals surface area contributed by atoms with E-state index in [1.807, 2.05) is 36.4 Å². The molecular weight excluding hydrogens is 482 g/mol. The Labute approximate surface area is 221 Å². The quantitative estimate of drug-likeness (QED) is 0.265. The summed E-state index contributed by atoms with van der Waals surface area (Å²) in [6.45, 7) is 0. The van der Waals surface area contributed by atoms with Gasteiger partial charge in [-0.2, -0.15) is 0 Å². The molecule has 1 aliphatic heterocycles. The molecule has 3 aromatic rings. The summed E-state index contributed by atoms with van der Waals surface area (Å²) >= 11 is 7.09. The Morgan fingerprint density at radius 3 is 2.39 bits per heavy atom. The van der Waals surface area contributed by atoms with Crippen molar-refractivity contribution in [2.24, 2.45) is 17.8 Å². The molecule has 182 valence electrons. The van der Waals surface area contributed by atoms with Gasteiger partial charge in [-0.25, -0.2) is 0 Å². The molecule has 5 aliphatic rings. The van der Waals surface area contributed by atoms with E-state index in [-0.39, 0.29) is 5.91 Å². The van der Waals surface area contributed by atoms with E-state index >= 15 is 0 Å². The highest BCUT2D eigenvalue weighted by Gasteiger charge is 2.51. The van der Waals surface area contributed by atoms with Crippen LogP contribution >= 0.6 is 24.0 Å². The number of nitrogens with zero attached hydrogens (tertiary/aromatic N) is 1. The molecule has 0 atom stereocenters. The van der Waals surface area contributed by atoms with Crippen LogP contribution in [0.4, 0.5) is 5.69 Å². The molecule has 0 spiro atoms. The molecule has 1 amide bonds. The lowest BCUT2D eigenvalue weighted by Gasteiger charge is -2.57. The van der Waals surface area contributed by atoms with Gasteiger partial charge in [0.2, 0.25) is 0 Å². The van der Waals surface area contributed by atoms with Crippen LogP contribution in [0.25, 0.3) is 16.8 Å². The number of carbonyl (C=O) groups is 1. The zero-order valence-electron chi connectivity index (χ0n) is 20.4. The highest BCUT2D eigenvalue weighted by Crippen LogP contribution is 2.61. The first kappa shape index (κ1) is 22.6. The van der Waals surface area contributed by atoms with Crippen LogP contribution in [0.5, 0.6) is 5.75 Å². The predicted molar refractivity (Wildman–Crippen MR) is 152 cm³/mol. The molecule has 3 nitrogen and oxygen atoms in total. The van der Waals surface area contributed by atoms with Crippen molar-refractivity contribution in [3.05, 3.63) is 76.7 Å². The second-order valence-electron chi connectivity index (χ2n) is 11.2. The van der Waals surface area contributed by atoms with Crippen LogP contribution in [0.1, 0.15) is 49.7 Å². The first-order chi connectivity index (χ1) is 17.5. The summed E-state index contributed by atoms with van der Waals surface area (Å²) in [5.41, 5.74) is 3.54. The Morgan fingerprint density at radius 1 is 0.972 bits per heavy atom. The van der Waals surface area contributed by atoms with E-state index in [1.165, 1.54) is 55.9 Å². The number of amides is 1. The Bertz CT molecular complexity index is 1400. The summed E-state index contributed by atoms with van der Waals surface area (Å²) < 4.78 is 6.32. The molecule has 1 heterocycles. The average Bonchev–Trinajstić information content (AvgIpc) is 3.15. The third-order valence-electron chi connectivity index (χ3n) is 8.97. The molecule has 5 heteroatoms. The van der Waals surface area contributed by atoms with Gasteiger partial charge in [-0.05, 0) is 96.9 Å². The van der Waals surface area contributed by atoms with Gasteiger partial charge in [0, 0.05) is 10.9 Å². The fraction of sp³-hybridized carbons (Fsp3) is 0.355. The zero-order valence-corrected chi connectivity index (χ0v) is 22.0. The summed E-state index contributed by atoms with van der Waals surface area (Å²) in [6.07, 6.45) is 10.2. The number of thiocarbonyl (C=S) groups is 1. The number of rotatable bonds is 4. The van der Waals surface area contributed by atoms with E-state index in [4.69, 9.17) is 17.0 Å². The largest absolute Gasteiger partial charge is 0.496 e. The molecule has 4 saturated carbocycles. The Balaban J connectivity index is 1.26. The van der Waals surface area contributed by atoms with Crippen LogP contribution in [0.3, 0.4) is 0 Å². The molecule has 4 aliphatic carbocycles. The number of fused-ring (bicyclic) bond motifs is 1. The highest BCUT2D eigenvalue weighted by molar-refractivity contribution is 8.27. The minimum Gasteiger partial charge on any atom is -0.496 e. The maximum Gasteiger partial charge on any atom is 0.270 e. The molecule has 3 aromatic carbocycles. The fourth-order valence-corrected chi connectivity index (χ4v) is 9.14. The smallest absolute Gasteiger partial charge is 0.270 e. The van der Waals surface area contributed by atoms with Crippen molar-refractivity contribution in [1.82, 2.24) is 0 Å². The van der Waals surface area contributed by atoms with Crippen LogP contribution in [0, 0.1) is 17.8 Å². The van der Waals surface area contributed by atoms with Gasteiger partial charge >= 0.3 is 0 Å². The number of thioether (sulfide) groups is 1. The average molecular weight is 512 g/mol. The Hall–Kier alpha value is -2.63. The van der Waals surface area contributed by atoms with Crippen LogP contribution in [-0.4, -0.2) is 17.3 Å². The van der Waals surface area contributed by atoms with E-state index in [2.05, 4.69) is 30.3 Å². The molecule has 1 saturated heterocycles. The van der Waals surface area contributed by atoms with Gasteiger partial charge in [-0.15, -0.1) is 0 Å². The van der Waals surface area contributed by atoms with Crippen molar-refractivity contribution in [2.75, 3.05) is 12.0 Å². The number of hydrogen-bond donors (Lipinski definition) is 0. The molecule has 0 radical (unpaired) electrons. The van der Waals surface area contributed by atoms with Crippen LogP contribution in [0.15, 0.2) is 65.6 Å². The van der Waals surface area contributed by atoms with E-state index in [0.29, 0.717) is 14.6 Å². The summed E-state index contributed by atoms with van der Waals surface area (Å²) in [5, 5.41) is 2.12. The lowest BCUT2D eigenvalue weighted by Crippen LogP contribution is -2.48. The number of anilines is 1. The van der Waals surface area contributed by atoms with Crippen molar-refractivity contribution >= 4 is 56.7 Å². The summed E-state index contributed by atoms with van der Waals surface area (Å²) in [5.74, 6) is 3.40. The number of ether oxygens (including phenoxy) is 1. The number of benzene rings is 3. The topological polar surface area (TPSA) is 29.5 Å². The first-order valence-electron chi connectivity index (χ1n) is 13.0. The van der Waals surface area contributed by atoms with Crippen LogP contribution in [0.2, 0.25) is 0 Å². The number of carbonyl (C=O) groups excluding carboxylic acids is 1. The van der Waals surface area contributed by atoms with Crippen LogP contribution in [-0.2, 0) is 10.2 Å². The second-order valence-corrected chi connectivity index (χ2v) is 12.8. The van der Waals surface area contributed by atoms with Gasteiger partial charge < -0.3 is 4.74 Å². The van der Waals surface area contributed by atoms with Crippen molar-refractivity contribution in [3.8, 4) is 5.75 Å². The normalized spacial score (nSPS) is 30.1. The van der Waals surface area contributed by atoms with Gasteiger partial charge in [-0.1, -0.05) is 66.4 Å². The number of methoxy groups -OCH3 is 1. The first-order valence-corrected chi connectivity index (χ1v) is 14.2. The van der Waals surface area contributed by atoms with E-state index < -0.39 is 0 Å². The SMILES string of the molecule is COc1ccc(C23CC4CC(CC(C4)C2)C3)cc1/C=C1\SC(=S)N(c2cccc3ccccc23)C1=O. The van der Waals surface area contributed by atoms with Crippen molar-refractivity contribution in [3.63, 3.8) is 0 Å². The minimum atomic E-state index is -0.0661. The molecule has 0 unspecified atom stereocenters. The molecule has 0 N–H and O–H groups in total. The maximum absolute atomic E-state index is 13.7. The third-order valence-corrected chi connectivity index (χ3v) is 10.3. The van der Waals surface area contributed by atoms with Gasteiger partial charge in [0.25, 0.3) is 5.91 Å². The van der Waals surface area contributed by atoms with Crippen molar-refractivity contribution in [1.29, 1.82) is 0 Å². The Kier molecular flexibility index (Phi) is 5.30. The molecular formula is C31H29NO2S2. The molecule has 0 aromatic heterocycles. The minimum absolute atomic E-state index is 0.0661. The second kappa shape index (κ2) is 8.46. The molecule has 4 bridgehead atoms. The summed E-state index contributed by atoms with van der Waals surface area (Å²) in [7, 11) is 1.71. The summed E-state index contributed by atoms with van der Waals surface area (Å²) in [4.78, 5) is 16.0. The summed E-state index contributed by atoms with van der Waals surface area (Å²) in [6, 6.07) is 20.8. The van der Waals surface area contributed by atoms with Gasteiger partial charge in [-0.3, -0.25) is 9.69 Å². The molecule has 36 heavy (non-hydrogen) atoms. The Morgan fingerprint density at radius 2 is 1.67 bits per heavy atom. The van der Waals surface area contributed by atoms with E-state index in [0.717, 1.165) is 45.5 Å². The van der Waals surface area contributed by atoms with Gasteiger partial charge in [0.05, 0.1) is 17.7 Å². The lowest BCUT2D eigenvalue weighted by atomic mass is 9.48. The van der Waals surface area contributed by atoms with Crippen molar-refractivity contribution in [2.45, 2.75) is 43.9 Å². The monoisotopic (exact) mass is 511 g/mol. The highest BCUT2D eigenvalue weighted by atomic mass is 32.2. The molecule has 5 fully saturated rings. The predicted octanol–water partition coefficient (Wildman–Crippen LogP) is 7.72. The molecule has 8 rings (SSSR count). The fourth-order valence-electron chi connectivity index (χ4n) is 7.86. The van der Waals surface area contributed by atoms with E-state index in [9.17, 15) is 4.79 Å². The van der Waals surface area contributed by atoms with E-state index in [1.54, 1.807) is 12.0 Å². The van der Waals surface area contributed by atoms with Crippen LogP contribution < -0.4 is 9.64 Å². The number of hydrogen-bond acceptors (Lipinski definition) is 4.